The van der Waals surface area contributed by atoms with Gasteiger partial charge in [0.25, 0.3) is 0 Å². The first-order chi connectivity index (χ1) is 9.65. The van der Waals surface area contributed by atoms with Gasteiger partial charge in [-0.25, -0.2) is 4.68 Å². The quantitative estimate of drug-likeness (QED) is 0.880. The normalized spacial score (nSPS) is 18.6. The Morgan fingerprint density at radius 1 is 1.40 bits per heavy atom. The number of aromatic nitrogens is 4. The monoisotopic (exact) mass is 313 g/mol. The van der Waals surface area contributed by atoms with E-state index in [1.54, 1.807) is 16.8 Å². The van der Waals surface area contributed by atoms with Crippen LogP contribution in [0.1, 0.15) is 12.8 Å². The summed E-state index contributed by atoms with van der Waals surface area (Å²) < 4.78 is 7.30. The number of halogens is 2. The molecule has 2 N–H and O–H groups in total. The Hall–Kier alpha value is -1.37. The van der Waals surface area contributed by atoms with E-state index in [4.69, 9.17) is 33.7 Å². The van der Waals surface area contributed by atoms with E-state index in [0.717, 1.165) is 25.0 Å². The molecule has 1 atom stereocenters. The Balaban J connectivity index is 1.92. The molecule has 0 saturated carbocycles. The fraction of sp³-hybridized carbons (Fsp3) is 0.417. The van der Waals surface area contributed by atoms with Gasteiger partial charge in [-0.05, 0) is 35.4 Å². The summed E-state index contributed by atoms with van der Waals surface area (Å²) in [6, 6.07) is 3.42. The molecule has 1 aromatic carbocycles. The highest BCUT2D eigenvalue weighted by atomic mass is 35.5. The summed E-state index contributed by atoms with van der Waals surface area (Å²) in [6.07, 6.45) is 2.24. The summed E-state index contributed by atoms with van der Waals surface area (Å²) in [7, 11) is 0. The summed E-state index contributed by atoms with van der Waals surface area (Å²) in [5.41, 5.74) is 6.96. The van der Waals surface area contributed by atoms with Crippen LogP contribution in [0.3, 0.4) is 0 Å². The van der Waals surface area contributed by atoms with Gasteiger partial charge in [-0.3, -0.25) is 0 Å². The Morgan fingerprint density at radius 3 is 2.95 bits per heavy atom. The maximum Gasteiger partial charge on any atom is 0.182 e. The third-order valence-electron chi connectivity index (χ3n) is 3.25. The molecule has 1 saturated heterocycles. The molecule has 20 heavy (non-hydrogen) atoms. The second kappa shape index (κ2) is 5.55. The highest BCUT2D eigenvalue weighted by Crippen LogP contribution is 2.33. The molecule has 8 heteroatoms. The molecular formula is C12H13Cl2N5O. The summed E-state index contributed by atoms with van der Waals surface area (Å²) in [4.78, 5) is 0. The lowest BCUT2D eigenvalue weighted by Gasteiger charge is -2.11. The van der Waals surface area contributed by atoms with Crippen molar-refractivity contribution in [3.8, 4) is 11.4 Å². The number of nitrogens with zero attached hydrogens (tertiary/aromatic N) is 4. The Kier molecular flexibility index (Phi) is 3.78. The van der Waals surface area contributed by atoms with E-state index < -0.39 is 0 Å². The van der Waals surface area contributed by atoms with Crippen molar-refractivity contribution in [2.45, 2.75) is 25.5 Å². The molecule has 1 aromatic heterocycles. The van der Waals surface area contributed by atoms with Crippen molar-refractivity contribution in [3.63, 3.8) is 0 Å². The van der Waals surface area contributed by atoms with Crippen LogP contribution in [0.5, 0.6) is 0 Å². The minimum atomic E-state index is 0.150. The molecule has 1 unspecified atom stereocenters. The van der Waals surface area contributed by atoms with Crippen molar-refractivity contribution >= 4 is 28.9 Å². The second-order valence-corrected chi connectivity index (χ2v) is 5.47. The number of anilines is 1. The van der Waals surface area contributed by atoms with Crippen LogP contribution in [0.2, 0.25) is 10.0 Å². The zero-order valence-electron chi connectivity index (χ0n) is 10.6. The molecule has 2 heterocycles. The Labute approximate surface area is 125 Å². The third-order valence-corrected chi connectivity index (χ3v) is 4.06. The van der Waals surface area contributed by atoms with Crippen LogP contribution in [-0.2, 0) is 11.3 Å². The zero-order valence-corrected chi connectivity index (χ0v) is 12.1. The molecule has 0 bridgehead atoms. The van der Waals surface area contributed by atoms with E-state index in [-0.39, 0.29) is 6.10 Å². The van der Waals surface area contributed by atoms with E-state index in [0.29, 0.717) is 28.1 Å². The van der Waals surface area contributed by atoms with E-state index in [1.165, 1.54) is 0 Å². The van der Waals surface area contributed by atoms with Crippen molar-refractivity contribution < 1.29 is 4.74 Å². The number of hydrogen-bond donors (Lipinski definition) is 1. The van der Waals surface area contributed by atoms with Crippen molar-refractivity contribution in [2.24, 2.45) is 0 Å². The fourth-order valence-corrected chi connectivity index (χ4v) is 2.59. The van der Waals surface area contributed by atoms with Gasteiger partial charge >= 0.3 is 0 Å². The molecule has 0 radical (unpaired) electrons. The predicted octanol–water partition coefficient (Wildman–Crippen LogP) is 2.41. The number of hydrogen-bond acceptors (Lipinski definition) is 5. The van der Waals surface area contributed by atoms with Gasteiger partial charge < -0.3 is 10.5 Å². The van der Waals surface area contributed by atoms with Crippen LogP contribution < -0.4 is 5.73 Å². The largest absolute Gasteiger partial charge is 0.397 e. The van der Waals surface area contributed by atoms with Gasteiger partial charge in [-0.2, -0.15) is 0 Å². The van der Waals surface area contributed by atoms with Crippen molar-refractivity contribution in [1.29, 1.82) is 0 Å². The molecule has 0 aliphatic carbocycles. The molecule has 2 aromatic rings. The number of nitrogens with two attached hydrogens (primary N) is 1. The van der Waals surface area contributed by atoms with Gasteiger partial charge in [0, 0.05) is 12.2 Å². The minimum Gasteiger partial charge on any atom is -0.397 e. The fourth-order valence-electron chi connectivity index (χ4n) is 2.26. The topological polar surface area (TPSA) is 78.9 Å². The molecule has 1 aliphatic heterocycles. The molecule has 0 spiro atoms. The van der Waals surface area contributed by atoms with Gasteiger partial charge in [0.2, 0.25) is 0 Å². The van der Waals surface area contributed by atoms with Crippen LogP contribution in [0, 0.1) is 0 Å². The molecule has 6 nitrogen and oxygen atoms in total. The molecule has 1 fully saturated rings. The molecule has 1 aliphatic rings. The third kappa shape index (κ3) is 2.59. The van der Waals surface area contributed by atoms with Gasteiger partial charge in [0.1, 0.15) is 0 Å². The SMILES string of the molecule is Nc1cc(-c2nnnn2CC2CCCO2)cc(Cl)c1Cl. The summed E-state index contributed by atoms with van der Waals surface area (Å²) in [6.45, 7) is 1.41. The average molecular weight is 314 g/mol. The average Bonchev–Trinajstić information content (AvgIpc) is 3.07. The number of nitrogen functional groups attached to an aromatic ring is 1. The first kappa shape index (κ1) is 13.6. The van der Waals surface area contributed by atoms with Crippen LogP contribution in [-0.4, -0.2) is 32.9 Å². The minimum absolute atomic E-state index is 0.150. The predicted molar refractivity (Wildman–Crippen MR) is 76.7 cm³/mol. The number of tetrazole rings is 1. The van der Waals surface area contributed by atoms with Crippen molar-refractivity contribution in [1.82, 2.24) is 20.2 Å². The lowest BCUT2D eigenvalue weighted by molar-refractivity contribution is 0.0939. The number of benzene rings is 1. The lowest BCUT2D eigenvalue weighted by atomic mass is 10.2. The van der Waals surface area contributed by atoms with E-state index in [9.17, 15) is 0 Å². The molecular weight excluding hydrogens is 301 g/mol. The van der Waals surface area contributed by atoms with Crippen LogP contribution >= 0.6 is 23.2 Å². The summed E-state index contributed by atoms with van der Waals surface area (Å²) in [5, 5.41) is 12.5. The van der Waals surface area contributed by atoms with E-state index >= 15 is 0 Å². The Morgan fingerprint density at radius 2 is 2.25 bits per heavy atom. The van der Waals surface area contributed by atoms with E-state index in [1.807, 2.05) is 0 Å². The van der Waals surface area contributed by atoms with Crippen LogP contribution in [0.15, 0.2) is 12.1 Å². The number of ether oxygens (including phenoxy) is 1. The first-order valence-electron chi connectivity index (χ1n) is 6.28. The highest BCUT2D eigenvalue weighted by Gasteiger charge is 2.20. The maximum atomic E-state index is 6.04. The van der Waals surface area contributed by atoms with Crippen molar-refractivity contribution in [3.05, 3.63) is 22.2 Å². The van der Waals surface area contributed by atoms with Crippen molar-refractivity contribution in [2.75, 3.05) is 12.3 Å². The highest BCUT2D eigenvalue weighted by molar-refractivity contribution is 6.43. The Bertz CT molecular complexity index is 601. The lowest BCUT2D eigenvalue weighted by Crippen LogP contribution is -2.17. The second-order valence-electron chi connectivity index (χ2n) is 4.68. The summed E-state index contributed by atoms with van der Waals surface area (Å²) >= 11 is 12.0. The zero-order chi connectivity index (χ0) is 14.1. The first-order valence-corrected chi connectivity index (χ1v) is 7.03. The van der Waals surface area contributed by atoms with Crippen LogP contribution in [0.4, 0.5) is 5.69 Å². The van der Waals surface area contributed by atoms with Crippen LogP contribution in [0.25, 0.3) is 11.4 Å². The molecule has 3 rings (SSSR count). The standard InChI is InChI=1S/C12H13Cl2N5O/c13-9-4-7(5-10(15)11(9)14)12-16-17-18-19(12)6-8-2-1-3-20-8/h4-5,8H,1-3,6,15H2. The molecule has 0 amide bonds. The van der Waals surface area contributed by atoms with E-state index in [2.05, 4.69) is 15.5 Å². The summed E-state index contributed by atoms with van der Waals surface area (Å²) in [5.74, 6) is 0.603. The number of rotatable bonds is 3. The van der Waals surface area contributed by atoms with Gasteiger partial charge in [-0.15, -0.1) is 5.10 Å². The van der Waals surface area contributed by atoms with Gasteiger partial charge in [0.15, 0.2) is 5.82 Å². The molecule has 106 valence electrons. The maximum absolute atomic E-state index is 6.04. The smallest absolute Gasteiger partial charge is 0.182 e. The van der Waals surface area contributed by atoms with Gasteiger partial charge in [-0.1, -0.05) is 23.2 Å². The van der Waals surface area contributed by atoms with Gasteiger partial charge in [0.05, 0.1) is 28.4 Å².